The molecule has 29 heavy (non-hydrogen) atoms. The molecule has 0 atom stereocenters. The van der Waals surface area contributed by atoms with Crippen LogP contribution in [0, 0.1) is 0 Å². The number of benzene rings is 2. The highest BCUT2D eigenvalue weighted by atomic mass is 35.5. The third kappa shape index (κ3) is 6.24. The molecular weight excluding hydrogens is 463 g/mol. The van der Waals surface area contributed by atoms with Crippen LogP contribution in [0.2, 0.25) is 15.1 Å². The van der Waals surface area contributed by atoms with E-state index >= 15 is 0 Å². The van der Waals surface area contributed by atoms with Crippen molar-refractivity contribution in [3.05, 3.63) is 57.0 Å². The maximum atomic E-state index is 12.5. The molecule has 1 N–H and O–H groups in total. The number of hydrogen-bond acceptors (Lipinski definition) is 5. The summed E-state index contributed by atoms with van der Waals surface area (Å²) in [7, 11) is -3.87. The van der Waals surface area contributed by atoms with Gasteiger partial charge in [0, 0.05) is 5.69 Å². The average Bonchev–Trinajstić information content (AvgIpc) is 2.62. The van der Waals surface area contributed by atoms with E-state index in [0.717, 1.165) is 10.6 Å². The summed E-state index contributed by atoms with van der Waals surface area (Å²) in [6, 6.07) is 8.63. The van der Waals surface area contributed by atoms with Crippen LogP contribution in [-0.2, 0) is 19.6 Å². The van der Waals surface area contributed by atoms with Crippen LogP contribution in [0.25, 0.3) is 0 Å². The lowest BCUT2D eigenvalue weighted by Gasteiger charge is -2.23. The number of anilines is 2. The highest BCUT2D eigenvalue weighted by molar-refractivity contribution is 7.92. The zero-order valence-corrected chi connectivity index (χ0v) is 18.5. The van der Waals surface area contributed by atoms with Gasteiger partial charge in [0.05, 0.1) is 39.2 Å². The van der Waals surface area contributed by atoms with Crippen molar-refractivity contribution < 1.29 is 22.7 Å². The Labute approximate surface area is 183 Å². The van der Waals surface area contributed by atoms with Crippen LogP contribution in [0.5, 0.6) is 0 Å². The molecule has 0 aliphatic rings. The summed E-state index contributed by atoms with van der Waals surface area (Å²) in [4.78, 5) is 24.3. The topological polar surface area (TPSA) is 92.8 Å². The molecule has 0 bridgehead atoms. The van der Waals surface area contributed by atoms with Crippen molar-refractivity contribution in [3.63, 3.8) is 0 Å². The molecule has 0 aromatic heterocycles. The smallest absolute Gasteiger partial charge is 0.338 e. The fourth-order valence-corrected chi connectivity index (χ4v) is 3.91. The van der Waals surface area contributed by atoms with Crippen LogP contribution in [0.1, 0.15) is 17.3 Å². The fourth-order valence-electron chi connectivity index (χ4n) is 2.35. The van der Waals surface area contributed by atoms with E-state index in [1.54, 1.807) is 19.1 Å². The van der Waals surface area contributed by atoms with Gasteiger partial charge in [-0.25, -0.2) is 13.2 Å². The molecule has 0 saturated heterocycles. The molecule has 0 fully saturated rings. The molecular formula is C18H17Cl3N2O5S. The number of halogens is 3. The first-order chi connectivity index (χ1) is 13.5. The zero-order chi connectivity index (χ0) is 21.8. The monoisotopic (exact) mass is 478 g/mol. The Bertz CT molecular complexity index is 1040. The standard InChI is InChI=1S/C18H17Cl3N2O5S/c1-3-28-18(25)11-5-4-6-12(7-11)22-17(24)10-23(29(2,26)27)16-9-14(20)13(19)8-15(16)21/h4-9H,3,10H2,1-2H3,(H,22,24). The van der Waals surface area contributed by atoms with Crippen LogP contribution >= 0.6 is 34.8 Å². The molecule has 1 amide bonds. The molecule has 0 heterocycles. The largest absolute Gasteiger partial charge is 0.462 e. The number of nitrogens with zero attached hydrogens (tertiary/aromatic N) is 1. The van der Waals surface area contributed by atoms with Crippen LogP contribution < -0.4 is 9.62 Å². The fraction of sp³-hybridized carbons (Fsp3) is 0.222. The highest BCUT2D eigenvalue weighted by Gasteiger charge is 2.24. The average molecular weight is 480 g/mol. The van der Waals surface area contributed by atoms with E-state index in [2.05, 4.69) is 5.32 Å². The van der Waals surface area contributed by atoms with E-state index in [0.29, 0.717) is 5.69 Å². The highest BCUT2D eigenvalue weighted by Crippen LogP contribution is 2.35. The molecule has 0 spiro atoms. The molecule has 7 nitrogen and oxygen atoms in total. The van der Waals surface area contributed by atoms with Crippen molar-refractivity contribution in [1.29, 1.82) is 0 Å². The van der Waals surface area contributed by atoms with Gasteiger partial charge in [-0.05, 0) is 37.3 Å². The van der Waals surface area contributed by atoms with Crippen LogP contribution in [0.15, 0.2) is 36.4 Å². The van der Waals surface area contributed by atoms with E-state index < -0.39 is 28.4 Å². The summed E-state index contributed by atoms with van der Waals surface area (Å²) in [6.07, 6.45) is 0.931. The van der Waals surface area contributed by atoms with Crippen molar-refractivity contribution in [2.45, 2.75) is 6.92 Å². The Hall–Kier alpha value is -2.00. The lowest BCUT2D eigenvalue weighted by molar-refractivity contribution is -0.114. The Morgan fingerprint density at radius 1 is 1.07 bits per heavy atom. The minimum atomic E-state index is -3.87. The summed E-state index contributed by atoms with van der Waals surface area (Å²) >= 11 is 17.9. The second-order valence-electron chi connectivity index (χ2n) is 5.84. The number of ether oxygens (including phenoxy) is 1. The van der Waals surface area contributed by atoms with Gasteiger partial charge < -0.3 is 10.1 Å². The number of esters is 1. The Morgan fingerprint density at radius 3 is 2.34 bits per heavy atom. The molecule has 2 aromatic carbocycles. The van der Waals surface area contributed by atoms with Crippen LogP contribution in [0.3, 0.4) is 0 Å². The Morgan fingerprint density at radius 2 is 1.72 bits per heavy atom. The van der Waals surface area contributed by atoms with Crippen molar-refractivity contribution in [2.24, 2.45) is 0 Å². The first kappa shape index (κ1) is 23.3. The number of rotatable bonds is 7. The molecule has 0 saturated carbocycles. The lowest BCUT2D eigenvalue weighted by Crippen LogP contribution is -2.37. The van der Waals surface area contributed by atoms with Gasteiger partial charge in [-0.15, -0.1) is 0 Å². The number of hydrogen-bond donors (Lipinski definition) is 1. The van der Waals surface area contributed by atoms with Crippen molar-refractivity contribution in [2.75, 3.05) is 29.0 Å². The van der Waals surface area contributed by atoms with Gasteiger partial charge in [0.1, 0.15) is 6.54 Å². The summed E-state index contributed by atoms with van der Waals surface area (Å²) < 4.78 is 30.2. The Balaban J connectivity index is 2.26. The second kappa shape index (κ2) is 9.67. The first-order valence-corrected chi connectivity index (χ1v) is 11.2. The maximum absolute atomic E-state index is 12.5. The van der Waals surface area contributed by atoms with Crippen LogP contribution in [0.4, 0.5) is 11.4 Å². The summed E-state index contributed by atoms with van der Waals surface area (Å²) in [5, 5.41) is 2.79. The SMILES string of the molecule is CCOC(=O)c1cccc(NC(=O)CN(c2cc(Cl)c(Cl)cc2Cl)S(C)(=O)=O)c1. The lowest BCUT2D eigenvalue weighted by atomic mass is 10.2. The number of carbonyl (C=O) groups is 2. The van der Waals surface area contributed by atoms with Gasteiger partial charge >= 0.3 is 5.97 Å². The first-order valence-electron chi connectivity index (χ1n) is 8.22. The predicted molar refractivity (Wildman–Crippen MR) is 115 cm³/mol. The zero-order valence-electron chi connectivity index (χ0n) is 15.4. The third-order valence-electron chi connectivity index (χ3n) is 3.60. The van der Waals surface area contributed by atoms with E-state index in [4.69, 9.17) is 39.5 Å². The molecule has 2 rings (SSSR count). The van der Waals surface area contributed by atoms with E-state index in [1.807, 2.05) is 0 Å². The predicted octanol–water partition coefficient (Wildman–Crippen LogP) is 4.23. The normalized spacial score (nSPS) is 11.1. The second-order valence-corrected chi connectivity index (χ2v) is 8.97. The van der Waals surface area contributed by atoms with Gasteiger partial charge in [0.15, 0.2) is 0 Å². The van der Waals surface area contributed by atoms with Gasteiger partial charge in [-0.2, -0.15) is 0 Å². The molecule has 0 aliphatic heterocycles. The molecule has 11 heteroatoms. The van der Waals surface area contributed by atoms with E-state index in [1.165, 1.54) is 24.3 Å². The van der Waals surface area contributed by atoms with E-state index in [-0.39, 0.29) is 32.9 Å². The number of carbonyl (C=O) groups excluding carboxylic acids is 2. The summed E-state index contributed by atoms with van der Waals surface area (Å²) in [6.45, 7) is 1.32. The quantitative estimate of drug-likeness (QED) is 0.474. The molecule has 156 valence electrons. The molecule has 0 aliphatic carbocycles. The molecule has 2 aromatic rings. The van der Waals surface area contributed by atoms with Crippen molar-refractivity contribution >= 4 is 68.1 Å². The van der Waals surface area contributed by atoms with E-state index in [9.17, 15) is 18.0 Å². The van der Waals surface area contributed by atoms with Crippen LogP contribution in [-0.4, -0.2) is 39.7 Å². The van der Waals surface area contributed by atoms with Gasteiger partial charge in [-0.1, -0.05) is 40.9 Å². The van der Waals surface area contributed by atoms with Gasteiger partial charge in [-0.3, -0.25) is 9.10 Å². The Kier molecular flexibility index (Phi) is 7.76. The van der Waals surface area contributed by atoms with Crippen molar-refractivity contribution in [1.82, 2.24) is 0 Å². The number of nitrogens with one attached hydrogen (secondary N) is 1. The summed E-state index contributed by atoms with van der Waals surface area (Å²) in [5.74, 6) is -1.19. The number of amides is 1. The van der Waals surface area contributed by atoms with Crippen molar-refractivity contribution in [3.8, 4) is 0 Å². The molecule has 0 unspecified atom stereocenters. The minimum Gasteiger partial charge on any atom is -0.462 e. The number of sulfonamides is 1. The minimum absolute atomic E-state index is 0.0130. The third-order valence-corrected chi connectivity index (χ3v) is 5.75. The summed E-state index contributed by atoms with van der Waals surface area (Å²) in [5.41, 5.74) is 0.561. The van der Waals surface area contributed by atoms with Gasteiger partial charge in [0.2, 0.25) is 15.9 Å². The molecule has 0 radical (unpaired) electrons. The maximum Gasteiger partial charge on any atom is 0.338 e. The van der Waals surface area contributed by atoms with Gasteiger partial charge in [0.25, 0.3) is 0 Å².